The van der Waals surface area contributed by atoms with E-state index in [-0.39, 0.29) is 12.3 Å². The van der Waals surface area contributed by atoms with Gasteiger partial charge in [-0.1, -0.05) is 86.6 Å². The molecule has 2 heterocycles. The summed E-state index contributed by atoms with van der Waals surface area (Å²) >= 11 is 0. The van der Waals surface area contributed by atoms with E-state index in [1.807, 2.05) is 12.1 Å². The minimum absolute atomic E-state index is 0.0269. The molecular formula is C25H24N2O. The fourth-order valence-electron chi connectivity index (χ4n) is 4.16. The molecule has 140 valence electrons. The summed E-state index contributed by atoms with van der Waals surface area (Å²) in [6.45, 7) is 4.38. The summed E-state index contributed by atoms with van der Waals surface area (Å²) in [5.41, 5.74) is 6.03. The van der Waals surface area contributed by atoms with Crippen molar-refractivity contribution in [3.05, 3.63) is 90.0 Å². The highest BCUT2D eigenvalue weighted by atomic mass is 16.5. The third-order valence-corrected chi connectivity index (χ3v) is 5.62. The highest BCUT2D eigenvalue weighted by molar-refractivity contribution is 6.02. The van der Waals surface area contributed by atoms with Gasteiger partial charge in [0.25, 0.3) is 0 Å². The van der Waals surface area contributed by atoms with E-state index in [9.17, 15) is 0 Å². The first kappa shape index (κ1) is 17.1. The van der Waals surface area contributed by atoms with Gasteiger partial charge in [-0.25, -0.2) is 5.01 Å². The van der Waals surface area contributed by atoms with Gasteiger partial charge in [-0.2, -0.15) is 5.10 Å². The monoisotopic (exact) mass is 368 g/mol. The zero-order valence-corrected chi connectivity index (χ0v) is 16.2. The van der Waals surface area contributed by atoms with Gasteiger partial charge in [-0.05, 0) is 22.8 Å². The van der Waals surface area contributed by atoms with E-state index in [0.717, 1.165) is 17.9 Å². The Hall–Kier alpha value is -3.07. The molecule has 0 bridgehead atoms. The Labute approximate surface area is 166 Å². The van der Waals surface area contributed by atoms with Crippen molar-refractivity contribution in [2.45, 2.75) is 32.5 Å². The van der Waals surface area contributed by atoms with Gasteiger partial charge in [0.15, 0.2) is 6.23 Å². The Balaban J connectivity index is 1.47. The predicted molar refractivity (Wildman–Crippen MR) is 113 cm³/mol. The second-order valence-electron chi connectivity index (χ2n) is 7.88. The summed E-state index contributed by atoms with van der Waals surface area (Å²) in [5, 5.41) is 7.18. The zero-order chi connectivity index (χ0) is 19.1. The molecule has 0 aromatic heterocycles. The molecule has 0 N–H and O–H groups in total. The van der Waals surface area contributed by atoms with E-state index in [1.54, 1.807) is 0 Å². The highest BCUT2D eigenvalue weighted by Gasteiger charge is 2.41. The van der Waals surface area contributed by atoms with Crippen LogP contribution in [0.1, 0.15) is 37.4 Å². The predicted octanol–water partition coefficient (Wildman–Crippen LogP) is 5.88. The summed E-state index contributed by atoms with van der Waals surface area (Å²) in [6.07, 6.45) is 0.884. The average molecular weight is 368 g/mol. The lowest BCUT2D eigenvalue weighted by Gasteiger charge is -2.39. The molecule has 3 aromatic rings. The third kappa shape index (κ3) is 2.88. The average Bonchev–Trinajstić information content (AvgIpc) is 3.19. The molecule has 0 spiro atoms. The van der Waals surface area contributed by atoms with E-state index in [1.165, 1.54) is 22.3 Å². The van der Waals surface area contributed by atoms with Gasteiger partial charge in [-0.3, -0.25) is 0 Å². The molecule has 3 nitrogen and oxygen atoms in total. The lowest BCUT2D eigenvalue weighted by molar-refractivity contribution is -0.0461. The fourth-order valence-corrected chi connectivity index (χ4v) is 4.16. The standard InChI is InChI=1S/C25H24N2O/c1-17(2)25-27-23(21-10-6-7-11-24(21)28-25)16-22(26-27)20-14-12-19(13-15-20)18-8-4-3-5-9-18/h3-15,17,23,25H,16H2,1-2H3. The SMILES string of the molecule is CC(C)C1Oc2ccccc2C2CC(c3ccc(-c4ccccc4)cc3)=NN21. The van der Waals surface area contributed by atoms with Crippen molar-refractivity contribution < 1.29 is 4.74 Å². The molecule has 2 aliphatic heterocycles. The molecule has 2 aliphatic rings. The first-order chi connectivity index (χ1) is 13.7. The molecular weight excluding hydrogens is 344 g/mol. The fraction of sp³-hybridized carbons (Fsp3) is 0.240. The first-order valence-corrected chi connectivity index (χ1v) is 9.98. The van der Waals surface area contributed by atoms with Crippen LogP contribution >= 0.6 is 0 Å². The molecule has 3 heteroatoms. The number of para-hydroxylation sites is 1. The maximum atomic E-state index is 6.29. The smallest absolute Gasteiger partial charge is 0.190 e. The second kappa shape index (κ2) is 6.83. The second-order valence-corrected chi connectivity index (χ2v) is 7.88. The van der Waals surface area contributed by atoms with Gasteiger partial charge < -0.3 is 4.74 Å². The molecule has 2 unspecified atom stereocenters. The number of hydrazone groups is 1. The van der Waals surface area contributed by atoms with Crippen LogP contribution in [0.3, 0.4) is 0 Å². The van der Waals surface area contributed by atoms with E-state index >= 15 is 0 Å². The van der Waals surface area contributed by atoms with E-state index in [0.29, 0.717) is 5.92 Å². The minimum atomic E-state index is -0.0269. The van der Waals surface area contributed by atoms with Crippen molar-refractivity contribution in [2.24, 2.45) is 11.0 Å². The summed E-state index contributed by atoms with van der Waals surface area (Å²) in [4.78, 5) is 0. The largest absolute Gasteiger partial charge is 0.468 e. The lowest BCUT2D eigenvalue weighted by Crippen LogP contribution is -2.43. The number of benzene rings is 3. The topological polar surface area (TPSA) is 24.8 Å². The van der Waals surface area contributed by atoms with Crippen LogP contribution in [0.25, 0.3) is 11.1 Å². The summed E-state index contributed by atoms with van der Waals surface area (Å²) in [7, 11) is 0. The minimum Gasteiger partial charge on any atom is -0.468 e. The highest BCUT2D eigenvalue weighted by Crippen LogP contribution is 2.44. The number of fused-ring (bicyclic) bond motifs is 3. The number of rotatable bonds is 3. The van der Waals surface area contributed by atoms with E-state index < -0.39 is 0 Å². The molecule has 0 amide bonds. The Morgan fingerprint density at radius 3 is 2.21 bits per heavy atom. The normalized spacial score (nSPS) is 20.4. The summed E-state index contributed by atoms with van der Waals surface area (Å²) in [6, 6.07) is 27.9. The molecule has 0 fully saturated rings. The Bertz CT molecular complexity index is 1010. The van der Waals surface area contributed by atoms with Gasteiger partial charge in [-0.15, -0.1) is 0 Å². The molecule has 5 rings (SSSR count). The van der Waals surface area contributed by atoms with Crippen LogP contribution in [0.2, 0.25) is 0 Å². The maximum Gasteiger partial charge on any atom is 0.190 e. The van der Waals surface area contributed by atoms with E-state index in [2.05, 4.69) is 85.6 Å². The van der Waals surface area contributed by atoms with Crippen LogP contribution in [-0.4, -0.2) is 16.9 Å². The van der Waals surface area contributed by atoms with Crippen LogP contribution in [0.15, 0.2) is 84.0 Å². The zero-order valence-electron chi connectivity index (χ0n) is 16.2. The molecule has 28 heavy (non-hydrogen) atoms. The van der Waals surface area contributed by atoms with Crippen molar-refractivity contribution in [2.75, 3.05) is 0 Å². The van der Waals surface area contributed by atoms with Gasteiger partial charge in [0, 0.05) is 17.9 Å². The summed E-state index contributed by atoms with van der Waals surface area (Å²) < 4.78 is 6.29. The van der Waals surface area contributed by atoms with E-state index in [4.69, 9.17) is 9.84 Å². The maximum absolute atomic E-state index is 6.29. The number of hydrogen-bond donors (Lipinski definition) is 0. The molecule has 2 atom stereocenters. The van der Waals surface area contributed by atoms with Crippen molar-refractivity contribution in [3.63, 3.8) is 0 Å². The molecule has 0 saturated carbocycles. The Morgan fingerprint density at radius 1 is 0.821 bits per heavy atom. The lowest BCUT2D eigenvalue weighted by atomic mass is 9.95. The molecule has 0 saturated heterocycles. The van der Waals surface area contributed by atoms with Crippen LogP contribution in [-0.2, 0) is 0 Å². The van der Waals surface area contributed by atoms with Crippen LogP contribution in [0.4, 0.5) is 0 Å². The van der Waals surface area contributed by atoms with Crippen LogP contribution in [0.5, 0.6) is 5.75 Å². The van der Waals surface area contributed by atoms with Crippen molar-refractivity contribution in [1.29, 1.82) is 0 Å². The molecule has 3 aromatic carbocycles. The van der Waals surface area contributed by atoms with Gasteiger partial charge in [0.05, 0.1) is 11.8 Å². The quantitative estimate of drug-likeness (QED) is 0.577. The number of ether oxygens (including phenoxy) is 1. The Morgan fingerprint density at radius 2 is 1.46 bits per heavy atom. The number of hydrogen-bond acceptors (Lipinski definition) is 3. The van der Waals surface area contributed by atoms with Crippen molar-refractivity contribution in [1.82, 2.24) is 5.01 Å². The Kier molecular flexibility index (Phi) is 4.16. The van der Waals surface area contributed by atoms with Crippen LogP contribution < -0.4 is 4.74 Å². The van der Waals surface area contributed by atoms with Crippen molar-refractivity contribution in [3.8, 4) is 16.9 Å². The van der Waals surface area contributed by atoms with Crippen LogP contribution in [0, 0.1) is 5.92 Å². The number of nitrogens with zero attached hydrogens (tertiary/aromatic N) is 2. The van der Waals surface area contributed by atoms with Gasteiger partial charge in [0.2, 0.25) is 0 Å². The third-order valence-electron chi connectivity index (χ3n) is 5.62. The molecule has 0 aliphatic carbocycles. The van der Waals surface area contributed by atoms with Gasteiger partial charge >= 0.3 is 0 Å². The molecule has 0 radical (unpaired) electrons. The van der Waals surface area contributed by atoms with Crippen molar-refractivity contribution >= 4 is 5.71 Å². The van der Waals surface area contributed by atoms with Gasteiger partial charge in [0.1, 0.15) is 5.75 Å². The first-order valence-electron chi connectivity index (χ1n) is 9.98. The summed E-state index contributed by atoms with van der Waals surface area (Å²) in [5.74, 6) is 1.36.